The molecule has 0 radical (unpaired) electrons. The molecule has 0 aliphatic heterocycles. The molecule has 88 valence electrons. The lowest BCUT2D eigenvalue weighted by Crippen LogP contribution is -1.87. The van der Waals surface area contributed by atoms with Crippen molar-refractivity contribution in [1.82, 2.24) is 0 Å². The summed E-state index contributed by atoms with van der Waals surface area (Å²) in [6.45, 7) is 0. The van der Waals surface area contributed by atoms with Gasteiger partial charge in [-0.15, -0.1) is 11.6 Å². The minimum atomic E-state index is 0.398. The van der Waals surface area contributed by atoms with Gasteiger partial charge in [0.25, 0.3) is 0 Å². The summed E-state index contributed by atoms with van der Waals surface area (Å²) in [5, 5.41) is 1.90. The summed E-state index contributed by atoms with van der Waals surface area (Å²) in [7, 11) is 0. The standard InChI is InChI=1S/C13H8Cl4/c14-7-8-1-2-9(15)5-11(8)12-6-10(16)3-4-13(12)17/h1-6H,7H2. The quantitative estimate of drug-likeness (QED) is 0.592. The molecule has 0 nitrogen and oxygen atoms in total. The summed E-state index contributed by atoms with van der Waals surface area (Å²) in [6.07, 6.45) is 0. The summed E-state index contributed by atoms with van der Waals surface area (Å²) >= 11 is 24.0. The average Bonchev–Trinajstić information content (AvgIpc) is 2.32. The lowest BCUT2D eigenvalue weighted by Gasteiger charge is -2.10. The number of alkyl halides is 1. The predicted molar refractivity (Wildman–Crippen MR) is 76.5 cm³/mol. The van der Waals surface area contributed by atoms with E-state index in [1.54, 1.807) is 18.2 Å². The number of rotatable bonds is 2. The Labute approximate surface area is 120 Å². The molecule has 17 heavy (non-hydrogen) atoms. The summed E-state index contributed by atoms with van der Waals surface area (Å²) in [6, 6.07) is 10.9. The van der Waals surface area contributed by atoms with Crippen molar-refractivity contribution in [2.24, 2.45) is 0 Å². The summed E-state index contributed by atoms with van der Waals surface area (Å²) in [4.78, 5) is 0. The van der Waals surface area contributed by atoms with Crippen molar-refractivity contribution in [2.45, 2.75) is 5.88 Å². The van der Waals surface area contributed by atoms with E-state index in [1.807, 2.05) is 18.2 Å². The third-order valence-corrected chi connectivity index (χ3v) is 3.52. The van der Waals surface area contributed by atoms with Crippen LogP contribution < -0.4 is 0 Å². The molecule has 4 heteroatoms. The van der Waals surface area contributed by atoms with Crippen molar-refractivity contribution in [2.75, 3.05) is 0 Å². The van der Waals surface area contributed by atoms with Gasteiger partial charge in [-0.1, -0.05) is 40.9 Å². The molecule has 0 saturated heterocycles. The fraction of sp³-hybridized carbons (Fsp3) is 0.0769. The molecule has 0 fully saturated rings. The van der Waals surface area contributed by atoms with Crippen molar-refractivity contribution >= 4 is 46.4 Å². The number of hydrogen-bond acceptors (Lipinski definition) is 0. The molecule has 0 aliphatic carbocycles. The highest BCUT2D eigenvalue weighted by Crippen LogP contribution is 2.34. The first-order valence-corrected chi connectivity index (χ1v) is 6.58. The van der Waals surface area contributed by atoms with Crippen molar-refractivity contribution < 1.29 is 0 Å². The van der Waals surface area contributed by atoms with E-state index in [1.165, 1.54) is 0 Å². The molecule has 2 aromatic rings. The molecule has 0 aromatic heterocycles. The van der Waals surface area contributed by atoms with Gasteiger partial charge in [0, 0.05) is 26.5 Å². The Kier molecular flexibility index (Phi) is 4.22. The normalized spacial score (nSPS) is 10.6. The zero-order chi connectivity index (χ0) is 12.4. The molecule has 0 aliphatic rings. The SMILES string of the molecule is ClCc1ccc(Cl)cc1-c1cc(Cl)ccc1Cl. The van der Waals surface area contributed by atoms with Crippen LogP contribution in [0.15, 0.2) is 36.4 Å². The summed E-state index contributed by atoms with van der Waals surface area (Å²) in [5.74, 6) is 0.398. The first-order valence-electron chi connectivity index (χ1n) is 4.91. The molecular formula is C13H8Cl4. The number of benzene rings is 2. The Morgan fingerprint density at radius 3 is 2.00 bits per heavy atom. The van der Waals surface area contributed by atoms with Gasteiger partial charge in [0.1, 0.15) is 0 Å². The smallest absolute Gasteiger partial charge is 0.0485 e. The van der Waals surface area contributed by atoms with Crippen LogP contribution in [0, 0.1) is 0 Å². The van der Waals surface area contributed by atoms with Crippen molar-refractivity contribution in [3.8, 4) is 11.1 Å². The van der Waals surface area contributed by atoms with Gasteiger partial charge in [0.05, 0.1) is 0 Å². The van der Waals surface area contributed by atoms with E-state index in [0.717, 1.165) is 16.7 Å². The van der Waals surface area contributed by atoms with Crippen LogP contribution in [-0.4, -0.2) is 0 Å². The summed E-state index contributed by atoms with van der Waals surface area (Å²) < 4.78 is 0. The summed E-state index contributed by atoms with van der Waals surface area (Å²) in [5.41, 5.74) is 2.73. The number of halogens is 4. The molecule has 2 rings (SSSR count). The van der Waals surface area contributed by atoms with Gasteiger partial charge in [0.15, 0.2) is 0 Å². The number of hydrogen-bond donors (Lipinski definition) is 0. The Morgan fingerprint density at radius 2 is 1.35 bits per heavy atom. The first-order chi connectivity index (χ1) is 8.11. The maximum absolute atomic E-state index is 6.17. The van der Waals surface area contributed by atoms with Crippen molar-refractivity contribution in [1.29, 1.82) is 0 Å². The van der Waals surface area contributed by atoms with Crippen molar-refractivity contribution in [3.63, 3.8) is 0 Å². The monoisotopic (exact) mass is 304 g/mol. The van der Waals surface area contributed by atoms with Gasteiger partial charge < -0.3 is 0 Å². The van der Waals surface area contributed by atoms with Crippen molar-refractivity contribution in [3.05, 3.63) is 57.0 Å². The molecule has 2 aromatic carbocycles. The van der Waals surface area contributed by atoms with Gasteiger partial charge in [-0.05, 0) is 41.5 Å². The van der Waals surface area contributed by atoms with Crippen LogP contribution in [0.2, 0.25) is 15.1 Å². The van der Waals surface area contributed by atoms with Gasteiger partial charge in [-0.3, -0.25) is 0 Å². The Morgan fingerprint density at radius 1 is 0.765 bits per heavy atom. The van der Waals surface area contributed by atoms with Crippen LogP contribution in [0.1, 0.15) is 5.56 Å². The van der Waals surface area contributed by atoms with Gasteiger partial charge in [-0.2, -0.15) is 0 Å². The van der Waals surface area contributed by atoms with E-state index < -0.39 is 0 Å². The molecule has 0 amide bonds. The molecule has 0 bridgehead atoms. The highest BCUT2D eigenvalue weighted by atomic mass is 35.5. The molecular weight excluding hydrogens is 298 g/mol. The minimum Gasteiger partial charge on any atom is -0.122 e. The van der Waals surface area contributed by atoms with E-state index in [2.05, 4.69) is 0 Å². The van der Waals surface area contributed by atoms with Crippen LogP contribution in [0.3, 0.4) is 0 Å². The van der Waals surface area contributed by atoms with Crippen LogP contribution in [0.25, 0.3) is 11.1 Å². The third kappa shape index (κ3) is 2.89. The second kappa shape index (κ2) is 5.49. The molecule has 0 atom stereocenters. The van der Waals surface area contributed by atoms with E-state index in [0.29, 0.717) is 20.9 Å². The topological polar surface area (TPSA) is 0 Å². The minimum absolute atomic E-state index is 0.398. The Bertz CT molecular complexity index is 549. The fourth-order valence-corrected chi connectivity index (χ4v) is 2.42. The largest absolute Gasteiger partial charge is 0.122 e. The third-order valence-electron chi connectivity index (χ3n) is 2.43. The zero-order valence-corrected chi connectivity index (χ0v) is 11.7. The predicted octanol–water partition coefficient (Wildman–Crippen LogP) is 6.05. The van der Waals surface area contributed by atoms with Gasteiger partial charge in [0.2, 0.25) is 0 Å². The molecule has 0 N–H and O–H groups in total. The second-order valence-corrected chi connectivity index (χ2v) is 5.11. The molecule has 0 unspecified atom stereocenters. The van der Waals surface area contributed by atoms with Crippen LogP contribution in [0.4, 0.5) is 0 Å². The highest BCUT2D eigenvalue weighted by Gasteiger charge is 2.09. The lowest BCUT2D eigenvalue weighted by molar-refractivity contribution is 1.40. The average molecular weight is 306 g/mol. The van der Waals surface area contributed by atoms with Crippen LogP contribution >= 0.6 is 46.4 Å². The van der Waals surface area contributed by atoms with Gasteiger partial charge in [-0.25, -0.2) is 0 Å². The Balaban J connectivity index is 2.66. The van der Waals surface area contributed by atoms with Gasteiger partial charge >= 0.3 is 0 Å². The van der Waals surface area contributed by atoms with E-state index in [-0.39, 0.29) is 0 Å². The fourth-order valence-electron chi connectivity index (χ4n) is 1.62. The lowest BCUT2D eigenvalue weighted by atomic mass is 10.0. The van der Waals surface area contributed by atoms with E-state index in [4.69, 9.17) is 46.4 Å². The highest BCUT2D eigenvalue weighted by molar-refractivity contribution is 6.35. The zero-order valence-electron chi connectivity index (χ0n) is 8.68. The second-order valence-electron chi connectivity index (χ2n) is 3.56. The molecule has 0 spiro atoms. The van der Waals surface area contributed by atoms with E-state index >= 15 is 0 Å². The maximum Gasteiger partial charge on any atom is 0.0485 e. The van der Waals surface area contributed by atoms with Crippen LogP contribution in [0.5, 0.6) is 0 Å². The van der Waals surface area contributed by atoms with E-state index in [9.17, 15) is 0 Å². The van der Waals surface area contributed by atoms with Crippen LogP contribution in [-0.2, 0) is 5.88 Å². The first kappa shape index (κ1) is 13.0. The Hall–Kier alpha value is -0.400. The molecule has 0 saturated carbocycles. The molecule has 0 heterocycles. The maximum atomic E-state index is 6.17.